The summed E-state index contributed by atoms with van der Waals surface area (Å²) in [6.45, 7) is 7.72. The van der Waals surface area contributed by atoms with Crippen LogP contribution in [0, 0.1) is 39.9 Å². The SMILES string of the molecule is C=C1C[C@]23CC4C5C67C[C@@H](O)C[C@@]5(C)CN4[C@@H]6[C@@H]2[C@H](O)[C@H]1[C@@H](O)C73. The van der Waals surface area contributed by atoms with Gasteiger partial charge in [-0.1, -0.05) is 19.1 Å². The van der Waals surface area contributed by atoms with Crippen LogP contribution in [0.25, 0.3) is 0 Å². The number of hydrogen-bond donors (Lipinski definition) is 3. The fourth-order valence-electron chi connectivity index (χ4n) is 10.7. The maximum atomic E-state index is 11.3. The van der Waals surface area contributed by atoms with Crippen molar-refractivity contribution in [2.75, 3.05) is 6.54 Å². The molecule has 130 valence electrons. The summed E-state index contributed by atoms with van der Waals surface area (Å²) in [6, 6.07) is 0.999. The number of aliphatic hydroxyl groups is 3. The highest BCUT2D eigenvalue weighted by Gasteiger charge is 2.90. The Labute approximate surface area is 142 Å². The standard InChI is InChI=1S/C20H27NO3/c1-8-3-19-6-10-15-18(2)4-9(22)5-20(15)16(19)14(24)11(8)13(23)12(19)17(20)21(10)7-18/h9-17,22-24H,1,3-7H2,2H3/t9-,10?,11-,12-,13+,14+,15?,16?,17+,18-,19-,20?/m0/s1. The van der Waals surface area contributed by atoms with Crippen LogP contribution in [-0.2, 0) is 0 Å². The average molecular weight is 329 g/mol. The third-order valence-corrected chi connectivity index (χ3v) is 10.1. The Morgan fingerprint density at radius 1 is 1.08 bits per heavy atom. The van der Waals surface area contributed by atoms with E-state index in [1.165, 1.54) is 0 Å². The van der Waals surface area contributed by atoms with Gasteiger partial charge in [0.15, 0.2) is 0 Å². The third kappa shape index (κ3) is 0.980. The van der Waals surface area contributed by atoms with Crippen LogP contribution >= 0.6 is 0 Å². The summed E-state index contributed by atoms with van der Waals surface area (Å²) in [4.78, 5) is 2.73. The van der Waals surface area contributed by atoms with Crippen LogP contribution in [-0.4, -0.2) is 57.2 Å². The van der Waals surface area contributed by atoms with E-state index < -0.39 is 12.2 Å². The Bertz CT molecular complexity index is 709. The molecule has 4 nitrogen and oxygen atoms in total. The molecule has 2 spiro atoms. The van der Waals surface area contributed by atoms with Crippen molar-refractivity contribution < 1.29 is 15.3 Å². The summed E-state index contributed by atoms with van der Waals surface area (Å²) in [7, 11) is 0. The molecule has 0 radical (unpaired) electrons. The lowest BCUT2D eigenvalue weighted by molar-refractivity contribution is -0.213. The molecule has 9 aliphatic rings. The van der Waals surface area contributed by atoms with Gasteiger partial charge in [0, 0.05) is 30.5 Å². The first-order chi connectivity index (χ1) is 11.4. The molecule has 0 aromatic rings. The van der Waals surface area contributed by atoms with Crippen molar-refractivity contribution in [2.24, 2.45) is 39.9 Å². The highest BCUT2D eigenvalue weighted by molar-refractivity contribution is 5.43. The molecule has 9 fully saturated rings. The van der Waals surface area contributed by atoms with E-state index in [9.17, 15) is 15.3 Å². The highest BCUT2D eigenvalue weighted by atomic mass is 16.3. The third-order valence-electron chi connectivity index (χ3n) is 10.1. The maximum absolute atomic E-state index is 11.3. The summed E-state index contributed by atoms with van der Waals surface area (Å²) in [5, 5.41) is 33.3. The lowest BCUT2D eigenvalue weighted by Crippen LogP contribution is -2.67. The monoisotopic (exact) mass is 329 g/mol. The molecule has 3 saturated heterocycles. The molecule has 0 aromatic carbocycles. The van der Waals surface area contributed by atoms with E-state index in [4.69, 9.17) is 0 Å². The van der Waals surface area contributed by atoms with Gasteiger partial charge in [0.25, 0.3) is 0 Å². The van der Waals surface area contributed by atoms with Gasteiger partial charge in [-0.25, -0.2) is 0 Å². The van der Waals surface area contributed by atoms with Gasteiger partial charge in [-0.2, -0.15) is 0 Å². The Morgan fingerprint density at radius 2 is 1.88 bits per heavy atom. The molecule has 24 heavy (non-hydrogen) atoms. The smallest absolute Gasteiger partial charge is 0.0679 e. The zero-order chi connectivity index (χ0) is 16.4. The Balaban J connectivity index is 1.54. The lowest BCUT2D eigenvalue weighted by atomic mass is 9.39. The molecule has 0 amide bonds. The predicted molar refractivity (Wildman–Crippen MR) is 86.8 cm³/mol. The largest absolute Gasteiger partial charge is 0.393 e. The van der Waals surface area contributed by atoms with Gasteiger partial charge in [-0.05, 0) is 53.8 Å². The Hall–Kier alpha value is -0.420. The van der Waals surface area contributed by atoms with Crippen molar-refractivity contribution in [1.29, 1.82) is 0 Å². The molecular weight excluding hydrogens is 302 g/mol. The summed E-state index contributed by atoms with van der Waals surface area (Å²) in [6.07, 6.45) is 2.76. The van der Waals surface area contributed by atoms with E-state index >= 15 is 0 Å². The number of rotatable bonds is 0. The van der Waals surface area contributed by atoms with Crippen molar-refractivity contribution in [3.05, 3.63) is 12.2 Å². The van der Waals surface area contributed by atoms with Gasteiger partial charge in [0.05, 0.1) is 18.3 Å². The Morgan fingerprint density at radius 3 is 2.67 bits per heavy atom. The maximum Gasteiger partial charge on any atom is 0.0679 e. The summed E-state index contributed by atoms with van der Waals surface area (Å²) < 4.78 is 0. The number of piperidine rings is 2. The van der Waals surface area contributed by atoms with Crippen molar-refractivity contribution in [3.8, 4) is 0 Å². The van der Waals surface area contributed by atoms with Crippen LogP contribution in [0.2, 0.25) is 0 Å². The van der Waals surface area contributed by atoms with Crippen LogP contribution in [0.1, 0.15) is 32.6 Å². The molecule has 13 atom stereocenters. The fourth-order valence-corrected chi connectivity index (χ4v) is 10.7. The number of fused-ring (bicyclic) bond motifs is 1. The lowest BCUT2D eigenvalue weighted by Gasteiger charge is -2.65. The van der Waals surface area contributed by atoms with Crippen molar-refractivity contribution in [2.45, 2.75) is 63.0 Å². The first-order valence-corrected chi connectivity index (χ1v) is 9.83. The van der Waals surface area contributed by atoms with Crippen LogP contribution in [0.5, 0.6) is 0 Å². The van der Waals surface area contributed by atoms with E-state index in [-0.39, 0.29) is 40.1 Å². The van der Waals surface area contributed by atoms with Gasteiger partial charge in [-0.3, -0.25) is 4.90 Å². The molecule has 9 rings (SSSR count). The second-order valence-corrected chi connectivity index (χ2v) is 10.8. The first kappa shape index (κ1) is 13.7. The topological polar surface area (TPSA) is 63.9 Å². The van der Waals surface area contributed by atoms with Crippen LogP contribution in [0.15, 0.2) is 12.2 Å². The van der Waals surface area contributed by atoms with Crippen molar-refractivity contribution >= 4 is 0 Å². The minimum Gasteiger partial charge on any atom is -0.393 e. The minimum atomic E-state index is -0.460. The van der Waals surface area contributed by atoms with E-state index in [2.05, 4.69) is 18.4 Å². The molecule has 6 aliphatic carbocycles. The first-order valence-electron chi connectivity index (χ1n) is 9.83. The molecule has 3 heterocycles. The quantitative estimate of drug-likeness (QED) is 0.574. The predicted octanol–water partition coefficient (Wildman–Crippen LogP) is 0.764. The number of nitrogens with zero attached hydrogens (tertiary/aromatic N) is 1. The van der Waals surface area contributed by atoms with Gasteiger partial charge < -0.3 is 15.3 Å². The summed E-state index contributed by atoms with van der Waals surface area (Å²) in [5.74, 6) is 1.02. The van der Waals surface area contributed by atoms with Gasteiger partial charge >= 0.3 is 0 Å². The van der Waals surface area contributed by atoms with E-state index in [0.717, 1.165) is 37.8 Å². The number of aliphatic hydroxyl groups excluding tert-OH is 3. The molecule has 0 aromatic heterocycles. The van der Waals surface area contributed by atoms with E-state index in [0.29, 0.717) is 18.0 Å². The van der Waals surface area contributed by atoms with Gasteiger partial charge in [0.1, 0.15) is 0 Å². The average Bonchev–Trinajstić information content (AvgIpc) is 2.88. The van der Waals surface area contributed by atoms with E-state index in [1.807, 2.05) is 0 Å². The van der Waals surface area contributed by atoms with Crippen molar-refractivity contribution in [1.82, 2.24) is 4.90 Å². The Kier molecular flexibility index (Phi) is 1.95. The van der Waals surface area contributed by atoms with E-state index in [1.54, 1.807) is 0 Å². The summed E-state index contributed by atoms with van der Waals surface area (Å²) >= 11 is 0. The zero-order valence-corrected chi connectivity index (χ0v) is 14.2. The van der Waals surface area contributed by atoms with Crippen LogP contribution < -0.4 is 0 Å². The minimum absolute atomic E-state index is 0.0358. The molecule has 3 N–H and O–H groups in total. The van der Waals surface area contributed by atoms with Crippen LogP contribution in [0.3, 0.4) is 0 Å². The second-order valence-electron chi connectivity index (χ2n) is 10.8. The second kappa shape index (κ2) is 3.40. The van der Waals surface area contributed by atoms with Gasteiger partial charge in [0.2, 0.25) is 0 Å². The highest BCUT2D eigenvalue weighted by Crippen LogP contribution is 2.86. The normalized spacial score (nSPS) is 76.1. The fraction of sp³-hybridized carbons (Fsp3) is 0.900. The molecule has 4 heteroatoms. The zero-order valence-electron chi connectivity index (χ0n) is 14.2. The van der Waals surface area contributed by atoms with Crippen LogP contribution in [0.4, 0.5) is 0 Å². The molecule has 3 aliphatic heterocycles. The molecule has 6 saturated carbocycles. The molecule has 9 bridgehead atoms. The molecule has 5 unspecified atom stereocenters. The summed E-state index contributed by atoms with van der Waals surface area (Å²) in [5.41, 5.74) is 1.37. The van der Waals surface area contributed by atoms with Gasteiger partial charge in [-0.15, -0.1) is 0 Å². The number of hydrogen-bond acceptors (Lipinski definition) is 4. The van der Waals surface area contributed by atoms with Crippen molar-refractivity contribution in [3.63, 3.8) is 0 Å². The molecular formula is C20H27NO3.